The summed E-state index contributed by atoms with van der Waals surface area (Å²) >= 11 is 0. The minimum Gasteiger partial charge on any atom is -0.478 e. The van der Waals surface area contributed by atoms with Crippen LogP contribution in [0, 0.1) is 6.92 Å². The van der Waals surface area contributed by atoms with Gasteiger partial charge in [0, 0.05) is 11.8 Å². The molecule has 4 aromatic carbocycles. The molecule has 8 heteroatoms. The number of aromatic carboxylic acids is 2. The van der Waals surface area contributed by atoms with Crippen molar-refractivity contribution in [3.8, 4) is 23.4 Å². The van der Waals surface area contributed by atoms with E-state index in [0.29, 0.717) is 23.1 Å². The van der Waals surface area contributed by atoms with Crippen LogP contribution < -0.4 is 9.47 Å². The quantitative estimate of drug-likeness (QED) is 0.309. The largest absolute Gasteiger partial charge is 0.478 e. The maximum atomic E-state index is 11.2. The third-order valence-corrected chi connectivity index (χ3v) is 5.36. The van der Waals surface area contributed by atoms with Crippen molar-refractivity contribution in [1.82, 2.24) is 9.97 Å². The maximum Gasteiger partial charge on any atom is 0.335 e. The SMILES string of the molecule is Cc1cc(Oc2ccc3cc(C(=O)O)ccc3c2)nc(Oc2ccc3cc(C(=O)O)ccc3c2)n1. The fourth-order valence-corrected chi connectivity index (χ4v) is 3.68. The number of fused-ring (bicyclic) bond motifs is 2. The fourth-order valence-electron chi connectivity index (χ4n) is 3.68. The second kappa shape index (κ2) is 8.75. The molecule has 0 aliphatic rings. The van der Waals surface area contributed by atoms with Crippen LogP contribution in [0.4, 0.5) is 0 Å². The highest BCUT2D eigenvalue weighted by atomic mass is 16.5. The van der Waals surface area contributed by atoms with Crippen LogP contribution in [-0.4, -0.2) is 32.1 Å². The van der Waals surface area contributed by atoms with Gasteiger partial charge < -0.3 is 19.7 Å². The molecule has 5 rings (SSSR count). The van der Waals surface area contributed by atoms with E-state index in [4.69, 9.17) is 19.7 Å². The molecule has 0 unspecified atom stereocenters. The zero-order valence-corrected chi connectivity index (χ0v) is 18.4. The second-order valence-electron chi connectivity index (χ2n) is 7.89. The van der Waals surface area contributed by atoms with Gasteiger partial charge in [-0.1, -0.05) is 24.3 Å². The molecule has 172 valence electrons. The summed E-state index contributed by atoms with van der Waals surface area (Å²) in [5.41, 5.74) is 1.07. The minimum absolute atomic E-state index is 0.105. The van der Waals surface area contributed by atoms with E-state index in [1.165, 1.54) is 6.07 Å². The molecule has 1 aromatic heterocycles. The number of ether oxygens (including phenoxy) is 2. The van der Waals surface area contributed by atoms with Crippen molar-refractivity contribution < 1.29 is 29.3 Å². The molecule has 0 spiro atoms. The molecule has 0 radical (unpaired) electrons. The van der Waals surface area contributed by atoms with Gasteiger partial charge in [0.2, 0.25) is 5.88 Å². The van der Waals surface area contributed by atoms with Gasteiger partial charge in [-0.15, -0.1) is 0 Å². The summed E-state index contributed by atoms with van der Waals surface area (Å²) in [7, 11) is 0. The summed E-state index contributed by atoms with van der Waals surface area (Å²) in [6.45, 7) is 1.79. The van der Waals surface area contributed by atoms with Crippen molar-refractivity contribution in [3.05, 3.63) is 95.7 Å². The Morgan fingerprint density at radius 1 is 0.629 bits per heavy atom. The molecule has 35 heavy (non-hydrogen) atoms. The highest BCUT2D eigenvalue weighted by molar-refractivity contribution is 5.95. The molecule has 5 aromatic rings. The zero-order valence-electron chi connectivity index (χ0n) is 18.4. The maximum absolute atomic E-state index is 11.2. The van der Waals surface area contributed by atoms with Crippen LogP contribution in [0.25, 0.3) is 21.5 Å². The Balaban J connectivity index is 1.38. The van der Waals surface area contributed by atoms with Gasteiger partial charge in [-0.2, -0.15) is 9.97 Å². The van der Waals surface area contributed by atoms with Crippen LogP contribution in [-0.2, 0) is 0 Å². The number of aromatic nitrogens is 2. The van der Waals surface area contributed by atoms with E-state index in [0.717, 1.165) is 21.5 Å². The van der Waals surface area contributed by atoms with Crippen molar-refractivity contribution in [3.63, 3.8) is 0 Å². The van der Waals surface area contributed by atoms with Gasteiger partial charge in [0.1, 0.15) is 11.5 Å². The highest BCUT2D eigenvalue weighted by Gasteiger charge is 2.10. The Hall–Kier alpha value is -4.98. The molecule has 0 aliphatic carbocycles. The number of aryl methyl sites for hydroxylation is 1. The van der Waals surface area contributed by atoms with Gasteiger partial charge in [-0.25, -0.2) is 9.59 Å². The molecular formula is C27H18N2O6. The molecule has 8 nitrogen and oxygen atoms in total. The molecule has 0 aliphatic heterocycles. The topological polar surface area (TPSA) is 119 Å². The van der Waals surface area contributed by atoms with Gasteiger partial charge >= 0.3 is 17.9 Å². The van der Waals surface area contributed by atoms with Crippen molar-refractivity contribution in [2.24, 2.45) is 0 Å². The molecule has 0 bridgehead atoms. The van der Waals surface area contributed by atoms with Crippen molar-refractivity contribution in [2.45, 2.75) is 6.92 Å². The summed E-state index contributed by atoms with van der Waals surface area (Å²) in [4.78, 5) is 31.0. The molecule has 0 saturated carbocycles. The van der Waals surface area contributed by atoms with E-state index in [-0.39, 0.29) is 17.1 Å². The van der Waals surface area contributed by atoms with Gasteiger partial charge in [0.05, 0.1) is 11.1 Å². The molecule has 0 fully saturated rings. The molecule has 1 heterocycles. The van der Waals surface area contributed by atoms with Gasteiger partial charge in [0.15, 0.2) is 0 Å². The van der Waals surface area contributed by atoms with Crippen LogP contribution in [0.15, 0.2) is 78.9 Å². The Morgan fingerprint density at radius 3 is 1.66 bits per heavy atom. The summed E-state index contributed by atoms with van der Waals surface area (Å²) in [6, 6.07) is 22.1. The molecule has 0 atom stereocenters. The normalized spacial score (nSPS) is 10.9. The van der Waals surface area contributed by atoms with Crippen LogP contribution in [0.1, 0.15) is 26.4 Å². The molecular weight excluding hydrogens is 448 g/mol. The lowest BCUT2D eigenvalue weighted by atomic mass is 10.1. The lowest BCUT2D eigenvalue weighted by Crippen LogP contribution is -1.98. The third kappa shape index (κ3) is 4.72. The lowest BCUT2D eigenvalue weighted by molar-refractivity contribution is 0.0686. The van der Waals surface area contributed by atoms with E-state index in [1.807, 2.05) is 0 Å². The van der Waals surface area contributed by atoms with Crippen LogP contribution in [0.5, 0.6) is 23.4 Å². The average molecular weight is 466 g/mol. The Bertz CT molecular complexity index is 1510. The Morgan fingerprint density at radius 2 is 1.11 bits per heavy atom. The molecule has 2 N–H and O–H groups in total. The molecule has 0 amide bonds. The van der Waals surface area contributed by atoms with Crippen LogP contribution in [0.3, 0.4) is 0 Å². The van der Waals surface area contributed by atoms with E-state index in [2.05, 4.69) is 9.97 Å². The van der Waals surface area contributed by atoms with Crippen molar-refractivity contribution in [1.29, 1.82) is 0 Å². The number of benzene rings is 4. The van der Waals surface area contributed by atoms with Crippen LogP contribution in [0.2, 0.25) is 0 Å². The number of nitrogens with zero attached hydrogens (tertiary/aromatic N) is 2. The Kier molecular flexibility index (Phi) is 5.46. The van der Waals surface area contributed by atoms with Gasteiger partial charge in [0.25, 0.3) is 0 Å². The number of rotatable bonds is 6. The number of hydrogen-bond acceptors (Lipinski definition) is 6. The smallest absolute Gasteiger partial charge is 0.335 e. The van der Waals surface area contributed by atoms with E-state index < -0.39 is 11.9 Å². The predicted molar refractivity (Wildman–Crippen MR) is 129 cm³/mol. The zero-order chi connectivity index (χ0) is 24.5. The first-order chi connectivity index (χ1) is 16.8. The van der Waals surface area contributed by atoms with E-state index in [9.17, 15) is 9.59 Å². The summed E-state index contributed by atoms with van der Waals surface area (Å²) in [5.74, 6) is -0.639. The van der Waals surface area contributed by atoms with E-state index >= 15 is 0 Å². The first-order valence-corrected chi connectivity index (χ1v) is 10.6. The van der Waals surface area contributed by atoms with Crippen LogP contribution >= 0.6 is 0 Å². The fraction of sp³-hybridized carbons (Fsp3) is 0.0370. The Labute approximate surface area is 199 Å². The second-order valence-corrected chi connectivity index (χ2v) is 7.89. The number of carbonyl (C=O) groups is 2. The monoisotopic (exact) mass is 466 g/mol. The van der Waals surface area contributed by atoms with Crippen molar-refractivity contribution >= 4 is 33.5 Å². The van der Waals surface area contributed by atoms with E-state index in [1.54, 1.807) is 79.7 Å². The van der Waals surface area contributed by atoms with Gasteiger partial charge in [-0.3, -0.25) is 0 Å². The third-order valence-electron chi connectivity index (χ3n) is 5.36. The minimum atomic E-state index is -0.982. The first-order valence-electron chi connectivity index (χ1n) is 10.6. The lowest BCUT2D eigenvalue weighted by Gasteiger charge is -2.10. The standard InChI is InChI=1S/C27H18N2O6/c1-15-10-24(34-22-8-6-16-11-20(25(30)31)4-2-18(16)13-22)29-27(28-15)35-23-9-7-17-12-21(26(32)33)5-3-19(17)14-23/h2-14H,1H3,(H,30,31)(H,32,33). The average Bonchev–Trinajstić information content (AvgIpc) is 2.83. The summed E-state index contributed by atoms with van der Waals surface area (Å²) < 4.78 is 11.8. The number of hydrogen-bond donors (Lipinski definition) is 2. The highest BCUT2D eigenvalue weighted by Crippen LogP contribution is 2.29. The number of carboxylic acids is 2. The van der Waals surface area contributed by atoms with Crippen molar-refractivity contribution in [2.75, 3.05) is 0 Å². The predicted octanol–water partition coefficient (Wildman–Crippen LogP) is 6.07. The first kappa shape index (κ1) is 21.8. The van der Waals surface area contributed by atoms with Gasteiger partial charge in [-0.05, 0) is 77.0 Å². The molecule has 0 saturated heterocycles. The summed E-state index contributed by atoms with van der Waals surface area (Å²) in [6.07, 6.45) is 0. The number of carboxylic acid groups (broad SMARTS) is 2. The summed E-state index contributed by atoms with van der Waals surface area (Å²) in [5, 5.41) is 21.5.